The summed E-state index contributed by atoms with van der Waals surface area (Å²) in [4.78, 5) is 2.37. The maximum Gasteiger partial charge on any atom is 0.123 e. The van der Waals surface area contributed by atoms with Crippen molar-refractivity contribution >= 4 is 12.6 Å². The fourth-order valence-corrected chi connectivity index (χ4v) is 2.21. The molecule has 1 aliphatic rings. The van der Waals surface area contributed by atoms with E-state index in [4.69, 9.17) is 4.74 Å². The average molecular weight is 209 g/mol. The normalized spacial score (nSPS) is 17.9. The second-order valence-corrected chi connectivity index (χ2v) is 4.39. The molecule has 2 rings (SSSR count). The lowest BCUT2D eigenvalue weighted by Gasteiger charge is -2.36. The standard InChI is InChI=1S/C11H15NOS/c1-13-11-5-3-2-4-9(11)6-12-7-10(14)8-12/h2-5,10,14H,6-8H2,1H3. The van der Waals surface area contributed by atoms with E-state index in [0.717, 1.165) is 25.4 Å². The van der Waals surface area contributed by atoms with Gasteiger partial charge in [0.2, 0.25) is 0 Å². The summed E-state index contributed by atoms with van der Waals surface area (Å²) in [6.45, 7) is 3.14. The third-order valence-corrected chi connectivity index (χ3v) is 2.85. The molecule has 0 aromatic heterocycles. The predicted octanol–water partition coefficient (Wildman–Crippen LogP) is 1.81. The Labute approximate surface area is 90.3 Å². The van der Waals surface area contributed by atoms with Gasteiger partial charge >= 0.3 is 0 Å². The largest absolute Gasteiger partial charge is 0.496 e. The predicted molar refractivity (Wildman–Crippen MR) is 61.0 cm³/mol. The minimum Gasteiger partial charge on any atom is -0.496 e. The topological polar surface area (TPSA) is 12.5 Å². The van der Waals surface area contributed by atoms with E-state index in [1.807, 2.05) is 12.1 Å². The SMILES string of the molecule is COc1ccccc1CN1CC(S)C1. The molecule has 1 aromatic carbocycles. The molecule has 0 N–H and O–H groups in total. The Bertz CT molecular complexity index is 310. The van der Waals surface area contributed by atoms with Gasteiger partial charge in [0.1, 0.15) is 5.75 Å². The van der Waals surface area contributed by atoms with Crippen molar-refractivity contribution in [3.63, 3.8) is 0 Å². The van der Waals surface area contributed by atoms with Crippen molar-refractivity contribution in [2.45, 2.75) is 11.8 Å². The summed E-state index contributed by atoms with van der Waals surface area (Å²) in [6, 6.07) is 8.17. The van der Waals surface area contributed by atoms with Crippen LogP contribution in [-0.4, -0.2) is 30.3 Å². The highest BCUT2D eigenvalue weighted by Gasteiger charge is 2.23. The molecule has 1 heterocycles. The first-order valence-electron chi connectivity index (χ1n) is 4.82. The van der Waals surface area contributed by atoms with Gasteiger partial charge in [-0.05, 0) is 6.07 Å². The Kier molecular flexibility index (Phi) is 2.99. The van der Waals surface area contributed by atoms with Gasteiger partial charge in [0, 0.05) is 30.4 Å². The Hall–Kier alpha value is -0.670. The minimum atomic E-state index is 0.560. The molecule has 0 radical (unpaired) electrons. The van der Waals surface area contributed by atoms with E-state index in [9.17, 15) is 0 Å². The van der Waals surface area contributed by atoms with Crippen molar-refractivity contribution in [1.82, 2.24) is 4.90 Å². The van der Waals surface area contributed by atoms with E-state index in [2.05, 4.69) is 29.7 Å². The summed E-state index contributed by atoms with van der Waals surface area (Å²) < 4.78 is 5.30. The molecule has 0 amide bonds. The molecule has 76 valence electrons. The molecule has 2 nitrogen and oxygen atoms in total. The average Bonchev–Trinajstić information content (AvgIpc) is 2.16. The van der Waals surface area contributed by atoms with Gasteiger partial charge in [0.25, 0.3) is 0 Å². The third-order valence-electron chi connectivity index (χ3n) is 2.52. The van der Waals surface area contributed by atoms with Gasteiger partial charge in [-0.15, -0.1) is 0 Å². The van der Waals surface area contributed by atoms with E-state index in [1.165, 1.54) is 5.56 Å². The molecule has 1 saturated heterocycles. The summed E-state index contributed by atoms with van der Waals surface area (Å²) in [5, 5.41) is 0.560. The molecule has 0 aliphatic carbocycles. The number of ether oxygens (including phenoxy) is 1. The summed E-state index contributed by atoms with van der Waals surface area (Å²) in [6.07, 6.45) is 0. The lowest BCUT2D eigenvalue weighted by Crippen LogP contribution is -2.46. The first-order chi connectivity index (χ1) is 6.79. The van der Waals surface area contributed by atoms with Gasteiger partial charge in [0.05, 0.1) is 7.11 Å². The van der Waals surface area contributed by atoms with Crippen molar-refractivity contribution in [2.24, 2.45) is 0 Å². The Morgan fingerprint density at radius 2 is 2.14 bits per heavy atom. The zero-order valence-corrected chi connectivity index (χ0v) is 9.21. The minimum absolute atomic E-state index is 0.560. The van der Waals surface area contributed by atoms with Crippen molar-refractivity contribution in [2.75, 3.05) is 20.2 Å². The lowest BCUT2D eigenvalue weighted by molar-refractivity contribution is 0.180. The van der Waals surface area contributed by atoms with Crippen LogP contribution < -0.4 is 4.74 Å². The molecule has 0 unspecified atom stereocenters. The Morgan fingerprint density at radius 3 is 2.79 bits per heavy atom. The zero-order valence-electron chi connectivity index (χ0n) is 8.31. The van der Waals surface area contributed by atoms with Crippen LogP contribution in [0.25, 0.3) is 0 Å². The molecule has 0 bridgehead atoms. The van der Waals surface area contributed by atoms with Gasteiger partial charge < -0.3 is 4.74 Å². The third kappa shape index (κ3) is 2.04. The number of rotatable bonds is 3. The molecule has 3 heteroatoms. The second kappa shape index (κ2) is 4.24. The van der Waals surface area contributed by atoms with Crippen LogP contribution in [0.2, 0.25) is 0 Å². The number of likely N-dealkylation sites (tertiary alicyclic amines) is 1. The summed E-state index contributed by atoms with van der Waals surface area (Å²) in [7, 11) is 1.72. The van der Waals surface area contributed by atoms with E-state index < -0.39 is 0 Å². The first-order valence-corrected chi connectivity index (χ1v) is 5.33. The van der Waals surface area contributed by atoms with E-state index in [-0.39, 0.29) is 0 Å². The smallest absolute Gasteiger partial charge is 0.123 e. The van der Waals surface area contributed by atoms with E-state index in [1.54, 1.807) is 7.11 Å². The van der Waals surface area contributed by atoms with Gasteiger partial charge in [-0.3, -0.25) is 4.90 Å². The number of hydrogen-bond acceptors (Lipinski definition) is 3. The van der Waals surface area contributed by atoms with Crippen molar-refractivity contribution in [3.8, 4) is 5.75 Å². The monoisotopic (exact) mass is 209 g/mol. The summed E-state index contributed by atoms with van der Waals surface area (Å²) in [5.41, 5.74) is 1.26. The zero-order chi connectivity index (χ0) is 9.97. The van der Waals surface area contributed by atoms with Crippen LogP contribution in [0.15, 0.2) is 24.3 Å². The fourth-order valence-electron chi connectivity index (χ4n) is 1.75. The number of nitrogens with zero attached hydrogens (tertiary/aromatic N) is 1. The highest BCUT2D eigenvalue weighted by Crippen LogP contribution is 2.23. The van der Waals surface area contributed by atoms with E-state index in [0.29, 0.717) is 5.25 Å². The van der Waals surface area contributed by atoms with Crippen LogP contribution in [0, 0.1) is 0 Å². The van der Waals surface area contributed by atoms with Crippen LogP contribution >= 0.6 is 12.6 Å². The molecule has 0 saturated carbocycles. The molecule has 14 heavy (non-hydrogen) atoms. The van der Waals surface area contributed by atoms with Gasteiger partial charge in [-0.2, -0.15) is 12.6 Å². The van der Waals surface area contributed by atoms with Gasteiger partial charge in [-0.1, -0.05) is 18.2 Å². The van der Waals surface area contributed by atoms with Gasteiger partial charge in [-0.25, -0.2) is 0 Å². The summed E-state index contributed by atoms with van der Waals surface area (Å²) >= 11 is 4.39. The molecule has 0 spiro atoms. The van der Waals surface area contributed by atoms with E-state index >= 15 is 0 Å². The maximum absolute atomic E-state index is 5.30. The van der Waals surface area contributed by atoms with Gasteiger partial charge in [0.15, 0.2) is 0 Å². The number of para-hydroxylation sites is 1. The van der Waals surface area contributed by atoms with Crippen LogP contribution in [0.5, 0.6) is 5.75 Å². The molecule has 1 aliphatic heterocycles. The Morgan fingerprint density at radius 1 is 1.43 bits per heavy atom. The molecule has 0 atom stereocenters. The molecular weight excluding hydrogens is 194 g/mol. The van der Waals surface area contributed by atoms with Crippen LogP contribution in [0.3, 0.4) is 0 Å². The molecular formula is C11H15NOS. The quantitative estimate of drug-likeness (QED) is 0.762. The maximum atomic E-state index is 5.30. The number of hydrogen-bond donors (Lipinski definition) is 1. The van der Waals surface area contributed by atoms with Crippen LogP contribution in [0.4, 0.5) is 0 Å². The second-order valence-electron chi connectivity index (χ2n) is 3.66. The van der Waals surface area contributed by atoms with Crippen molar-refractivity contribution in [1.29, 1.82) is 0 Å². The molecule has 1 fully saturated rings. The van der Waals surface area contributed by atoms with Crippen molar-refractivity contribution in [3.05, 3.63) is 29.8 Å². The Balaban J connectivity index is 2.01. The molecule has 1 aromatic rings. The van der Waals surface area contributed by atoms with Crippen LogP contribution in [0.1, 0.15) is 5.56 Å². The number of thiol groups is 1. The lowest BCUT2D eigenvalue weighted by atomic mass is 10.1. The number of benzene rings is 1. The first kappa shape index (κ1) is 9.87. The van der Waals surface area contributed by atoms with Crippen molar-refractivity contribution < 1.29 is 4.74 Å². The fraction of sp³-hybridized carbons (Fsp3) is 0.455. The number of methoxy groups -OCH3 is 1. The van der Waals surface area contributed by atoms with Crippen LogP contribution in [-0.2, 0) is 6.54 Å². The highest BCUT2D eigenvalue weighted by molar-refractivity contribution is 7.81. The highest BCUT2D eigenvalue weighted by atomic mass is 32.1. The summed E-state index contributed by atoms with van der Waals surface area (Å²) in [5.74, 6) is 0.982.